The smallest absolute Gasteiger partial charge is 0.0400 e. The first-order chi connectivity index (χ1) is 17.2. The molecule has 0 aliphatic rings. The zero-order valence-electron chi connectivity index (χ0n) is 20.0. The number of rotatable bonds is 6. The van der Waals surface area contributed by atoms with Crippen molar-refractivity contribution in [1.29, 1.82) is 0 Å². The Balaban J connectivity index is 1.58. The van der Waals surface area contributed by atoms with Crippen LogP contribution in [0.25, 0.3) is 33.2 Å². The summed E-state index contributed by atoms with van der Waals surface area (Å²) < 4.78 is 0. The van der Waals surface area contributed by atoms with Crippen molar-refractivity contribution >= 4 is 22.0 Å². The standard InChI is InChI=1S/C34H29N/c1-25-17-20-27(21-18-25)29-13-7-14-30(23-29)31(22-19-26-9-3-2-4-10-26)24-34(35)33-16-8-12-28-11-5-6-15-32(28)33/h2-18,20-24H,19,35H2,1H3/b31-22+,34-24-. The molecule has 5 aromatic rings. The van der Waals surface area contributed by atoms with Crippen LogP contribution in [0.4, 0.5) is 0 Å². The summed E-state index contributed by atoms with van der Waals surface area (Å²) in [7, 11) is 0. The van der Waals surface area contributed by atoms with Gasteiger partial charge in [0.2, 0.25) is 0 Å². The minimum Gasteiger partial charge on any atom is -0.398 e. The number of fused-ring (bicyclic) bond motifs is 1. The van der Waals surface area contributed by atoms with Crippen molar-refractivity contribution in [3.8, 4) is 11.1 Å². The summed E-state index contributed by atoms with van der Waals surface area (Å²) in [5, 5.41) is 2.36. The van der Waals surface area contributed by atoms with E-state index in [1.807, 2.05) is 0 Å². The summed E-state index contributed by atoms with van der Waals surface area (Å²) in [6, 6.07) is 42.6. The second-order valence-corrected chi connectivity index (χ2v) is 8.92. The van der Waals surface area contributed by atoms with Gasteiger partial charge in [0.05, 0.1) is 0 Å². The lowest BCUT2D eigenvalue weighted by molar-refractivity contribution is 1.27. The largest absolute Gasteiger partial charge is 0.398 e. The van der Waals surface area contributed by atoms with Gasteiger partial charge in [-0.2, -0.15) is 0 Å². The molecule has 1 heteroatoms. The highest BCUT2D eigenvalue weighted by Gasteiger charge is 2.07. The molecule has 0 aromatic heterocycles. The van der Waals surface area contributed by atoms with Crippen molar-refractivity contribution < 1.29 is 0 Å². The molecule has 0 fully saturated rings. The zero-order valence-corrected chi connectivity index (χ0v) is 20.0. The van der Waals surface area contributed by atoms with E-state index in [-0.39, 0.29) is 0 Å². The number of hydrogen-bond acceptors (Lipinski definition) is 1. The average Bonchev–Trinajstić information content (AvgIpc) is 2.91. The third kappa shape index (κ3) is 5.26. The summed E-state index contributed by atoms with van der Waals surface area (Å²) in [5.41, 5.74) is 15.8. The summed E-state index contributed by atoms with van der Waals surface area (Å²) in [4.78, 5) is 0. The van der Waals surface area contributed by atoms with Crippen molar-refractivity contribution in [1.82, 2.24) is 0 Å². The second kappa shape index (κ2) is 10.3. The van der Waals surface area contributed by atoms with Crippen LogP contribution in [0.5, 0.6) is 0 Å². The van der Waals surface area contributed by atoms with E-state index in [1.54, 1.807) is 0 Å². The molecule has 2 N–H and O–H groups in total. The summed E-state index contributed by atoms with van der Waals surface area (Å²) >= 11 is 0. The van der Waals surface area contributed by atoms with Gasteiger partial charge in [-0.3, -0.25) is 0 Å². The predicted molar refractivity (Wildman–Crippen MR) is 151 cm³/mol. The van der Waals surface area contributed by atoms with E-state index in [0.717, 1.165) is 28.8 Å². The van der Waals surface area contributed by atoms with E-state index in [2.05, 4.69) is 140 Å². The van der Waals surface area contributed by atoms with Gasteiger partial charge in [-0.15, -0.1) is 0 Å². The Morgan fingerprint density at radius 1 is 0.686 bits per heavy atom. The second-order valence-electron chi connectivity index (χ2n) is 8.92. The highest BCUT2D eigenvalue weighted by molar-refractivity contribution is 5.96. The highest BCUT2D eigenvalue weighted by Crippen LogP contribution is 2.29. The SMILES string of the molecule is Cc1ccc(-c2cccc(C(/C=C(\N)c3cccc4ccccc34)=C/Cc3ccccc3)c2)cc1. The number of hydrogen-bond donors (Lipinski definition) is 1. The minimum absolute atomic E-state index is 0.766. The minimum atomic E-state index is 0.766. The van der Waals surface area contributed by atoms with Gasteiger partial charge in [0.25, 0.3) is 0 Å². The van der Waals surface area contributed by atoms with Crippen LogP contribution in [-0.2, 0) is 6.42 Å². The van der Waals surface area contributed by atoms with Crippen LogP contribution < -0.4 is 5.73 Å². The van der Waals surface area contributed by atoms with E-state index in [1.165, 1.54) is 33.0 Å². The molecule has 170 valence electrons. The number of aryl methyl sites for hydroxylation is 1. The fourth-order valence-corrected chi connectivity index (χ4v) is 4.45. The molecule has 0 spiro atoms. The quantitative estimate of drug-likeness (QED) is 0.258. The first-order valence-corrected chi connectivity index (χ1v) is 12.0. The zero-order chi connectivity index (χ0) is 24.0. The van der Waals surface area contributed by atoms with Crippen molar-refractivity contribution in [2.75, 3.05) is 0 Å². The van der Waals surface area contributed by atoms with Gasteiger partial charge in [-0.25, -0.2) is 0 Å². The molecular weight excluding hydrogens is 422 g/mol. The van der Waals surface area contributed by atoms with Crippen LogP contribution in [0.3, 0.4) is 0 Å². The van der Waals surface area contributed by atoms with Crippen molar-refractivity contribution in [3.05, 3.63) is 156 Å². The fourth-order valence-electron chi connectivity index (χ4n) is 4.45. The Bertz CT molecular complexity index is 1500. The third-order valence-electron chi connectivity index (χ3n) is 6.39. The van der Waals surface area contributed by atoms with Gasteiger partial charge in [-0.1, -0.05) is 127 Å². The lowest BCUT2D eigenvalue weighted by atomic mass is 9.95. The van der Waals surface area contributed by atoms with E-state index in [4.69, 9.17) is 5.73 Å². The normalized spacial score (nSPS) is 12.1. The van der Waals surface area contributed by atoms with E-state index >= 15 is 0 Å². The first-order valence-electron chi connectivity index (χ1n) is 12.0. The first kappa shape index (κ1) is 22.4. The molecule has 5 aromatic carbocycles. The van der Waals surface area contributed by atoms with E-state index < -0.39 is 0 Å². The van der Waals surface area contributed by atoms with Gasteiger partial charge in [-0.05, 0) is 64.1 Å². The van der Waals surface area contributed by atoms with Crippen molar-refractivity contribution in [2.45, 2.75) is 13.3 Å². The molecule has 0 atom stereocenters. The summed E-state index contributed by atoms with van der Waals surface area (Å²) in [6.07, 6.45) is 5.24. The van der Waals surface area contributed by atoms with Crippen LogP contribution in [0.15, 0.2) is 133 Å². The number of allylic oxidation sites excluding steroid dienone is 3. The van der Waals surface area contributed by atoms with Crippen molar-refractivity contribution in [2.24, 2.45) is 5.73 Å². The Morgan fingerprint density at radius 3 is 2.23 bits per heavy atom. The third-order valence-corrected chi connectivity index (χ3v) is 6.39. The Labute approximate surface area is 207 Å². The maximum absolute atomic E-state index is 6.75. The molecule has 1 nitrogen and oxygen atoms in total. The van der Waals surface area contributed by atoms with E-state index in [9.17, 15) is 0 Å². The van der Waals surface area contributed by atoms with Crippen LogP contribution in [0, 0.1) is 6.92 Å². The van der Waals surface area contributed by atoms with Crippen LogP contribution in [0.1, 0.15) is 22.3 Å². The van der Waals surface area contributed by atoms with Gasteiger partial charge in [0.1, 0.15) is 0 Å². The van der Waals surface area contributed by atoms with Crippen molar-refractivity contribution in [3.63, 3.8) is 0 Å². The lowest BCUT2D eigenvalue weighted by Crippen LogP contribution is -1.99. The van der Waals surface area contributed by atoms with Crippen LogP contribution >= 0.6 is 0 Å². The molecule has 0 aliphatic carbocycles. The molecule has 0 unspecified atom stereocenters. The van der Waals surface area contributed by atoms with Gasteiger partial charge >= 0.3 is 0 Å². The van der Waals surface area contributed by atoms with Crippen LogP contribution in [0.2, 0.25) is 0 Å². The molecule has 0 radical (unpaired) electrons. The Morgan fingerprint density at radius 2 is 1.40 bits per heavy atom. The number of nitrogens with two attached hydrogens (primary N) is 1. The van der Waals surface area contributed by atoms with Gasteiger partial charge in [0, 0.05) is 11.3 Å². The Kier molecular flexibility index (Phi) is 6.59. The summed E-state index contributed by atoms with van der Waals surface area (Å²) in [5.74, 6) is 0. The van der Waals surface area contributed by atoms with E-state index in [0.29, 0.717) is 0 Å². The molecule has 0 amide bonds. The molecule has 0 aliphatic heterocycles. The summed E-state index contributed by atoms with van der Waals surface area (Å²) in [6.45, 7) is 2.12. The fraction of sp³-hybridized carbons (Fsp3) is 0.0588. The van der Waals surface area contributed by atoms with Gasteiger partial charge in [0.15, 0.2) is 0 Å². The van der Waals surface area contributed by atoms with Gasteiger partial charge < -0.3 is 5.73 Å². The molecular formula is C34H29N. The lowest BCUT2D eigenvalue weighted by Gasteiger charge is -2.11. The molecule has 35 heavy (non-hydrogen) atoms. The number of benzene rings is 5. The van der Waals surface area contributed by atoms with Crippen LogP contribution in [-0.4, -0.2) is 0 Å². The monoisotopic (exact) mass is 451 g/mol. The highest BCUT2D eigenvalue weighted by atomic mass is 14.6. The molecule has 0 saturated carbocycles. The maximum atomic E-state index is 6.75. The predicted octanol–water partition coefficient (Wildman–Crippen LogP) is 8.44. The molecule has 0 saturated heterocycles. The molecule has 0 heterocycles. The Hall–Kier alpha value is -4.36. The maximum Gasteiger partial charge on any atom is 0.0400 e. The molecule has 0 bridgehead atoms. The topological polar surface area (TPSA) is 26.0 Å². The molecule has 5 rings (SSSR count). The average molecular weight is 452 g/mol.